The van der Waals surface area contributed by atoms with Gasteiger partial charge in [0, 0.05) is 11.1 Å². The highest BCUT2D eigenvalue weighted by atomic mass is 16.3. The van der Waals surface area contributed by atoms with Crippen molar-refractivity contribution < 1.29 is 29.4 Å². The fourth-order valence-corrected chi connectivity index (χ4v) is 2.49. The first-order valence-corrected chi connectivity index (χ1v) is 8.57. The van der Waals surface area contributed by atoms with Crippen molar-refractivity contribution in [1.29, 1.82) is 0 Å². The highest BCUT2D eigenvalue weighted by molar-refractivity contribution is 6.14. The van der Waals surface area contributed by atoms with Crippen molar-refractivity contribution in [3.8, 4) is 11.5 Å². The van der Waals surface area contributed by atoms with Crippen molar-refractivity contribution in [2.24, 2.45) is 0 Å². The van der Waals surface area contributed by atoms with Crippen LogP contribution in [0.5, 0.6) is 11.5 Å². The quantitative estimate of drug-likeness (QED) is 0.323. The molecule has 4 rings (SSSR count). The average Bonchev–Trinajstić information content (AvgIpc) is 3.19. The smallest absolute Gasteiger partial charge is 0.326 e. The van der Waals surface area contributed by atoms with Gasteiger partial charge < -0.3 is 20.8 Å². The van der Waals surface area contributed by atoms with Crippen LogP contribution < -0.4 is 21.3 Å². The van der Waals surface area contributed by atoms with E-state index in [0.717, 1.165) is 0 Å². The van der Waals surface area contributed by atoms with Gasteiger partial charge in [0.25, 0.3) is 11.8 Å². The third-order valence-corrected chi connectivity index (χ3v) is 3.91. The third-order valence-electron chi connectivity index (χ3n) is 3.91. The lowest BCUT2D eigenvalue weighted by molar-refractivity contribution is -0.116. The van der Waals surface area contributed by atoms with Crippen molar-refractivity contribution in [1.82, 2.24) is 21.3 Å². The van der Waals surface area contributed by atoms with Gasteiger partial charge in [-0.2, -0.15) is 0 Å². The average molecular weight is 408 g/mol. The lowest BCUT2D eigenvalue weighted by Crippen LogP contribution is -2.22. The van der Waals surface area contributed by atoms with Crippen molar-refractivity contribution in [3.05, 3.63) is 71.1 Å². The molecule has 0 aromatic heterocycles. The first-order chi connectivity index (χ1) is 14.3. The SMILES string of the molecule is O=C1NC(=O)/C(=C/c2ccccc2O)N1.O=C1NC(=O)/C(=C/c2ccccc2O)N1. The Kier molecular flexibility index (Phi) is 5.78. The number of carbonyl (C=O) groups is 4. The van der Waals surface area contributed by atoms with E-state index in [1.807, 2.05) is 0 Å². The molecule has 2 fully saturated rings. The molecule has 0 unspecified atom stereocenters. The van der Waals surface area contributed by atoms with Gasteiger partial charge in [0.1, 0.15) is 22.9 Å². The molecule has 2 aromatic rings. The molecule has 0 saturated carbocycles. The Morgan fingerprint density at radius 2 is 0.933 bits per heavy atom. The third kappa shape index (κ3) is 4.81. The van der Waals surface area contributed by atoms with E-state index in [0.29, 0.717) is 11.1 Å². The monoisotopic (exact) mass is 408 g/mol. The van der Waals surface area contributed by atoms with Gasteiger partial charge in [-0.25, -0.2) is 9.59 Å². The fraction of sp³-hybridized carbons (Fsp3) is 0. The van der Waals surface area contributed by atoms with E-state index < -0.39 is 23.9 Å². The number of hydrogen-bond donors (Lipinski definition) is 6. The van der Waals surface area contributed by atoms with E-state index in [2.05, 4.69) is 21.3 Å². The van der Waals surface area contributed by atoms with Crippen LogP contribution in [0, 0.1) is 0 Å². The molecule has 0 spiro atoms. The van der Waals surface area contributed by atoms with Gasteiger partial charge in [-0.1, -0.05) is 36.4 Å². The van der Waals surface area contributed by atoms with Crippen LogP contribution in [0.2, 0.25) is 0 Å². The molecule has 10 heteroatoms. The Labute approximate surface area is 169 Å². The molecule has 152 valence electrons. The number of hydrogen-bond acceptors (Lipinski definition) is 6. The minimum absolute atomic E-state index is 0.0546. The van der Waals surface area contributed by atoms with Gasteiger partial charge in [0.2, 0.25) is 0 Å². The number of amides is 6. The molecule has 0 atom stereocenters. The minimum Gasteiger partial charge on any atom is -0.507 e. The second-order valence-corrected chi connectivity index (χ2v) is 6.05. The topological polar surface area (TPSA) is 157 Å². The second-order valence-electron chi connectivity index (χ2n) is 6.05. The molecule has 30 heavy (non-hydrogen) atoms. The van der Waals surface area contributed by atoms with Crippen molar-refractivity contribution >= 4 is 36.0 Å². The van der Waals surface area contributed by atoms with Crippen LogP contribution in [-0.2, 0) is 9.59 Å². The number of nitrogens with one attached hydrogen (secondary N) is 4. The van der Waals surface area contributed by atoms with Crippen LogP contribution in [0.1, 0.15) is 11.1 Å². The van der Waals surface area contributed by atoms with Gasteiger partial charge in [-0.3, -0.25) is 20.2 Å². The standard InChI is InChI=1S/2C10H8N2O3/c2*13-8-4-2-1-3-6(8)5-7-9(14)12-10(15)11-7/h2*1-5,13H,(H2,11,12,14,15)/b2*7-5-. The van der Waals surface area contributed by atoms with E-state index in [-0.39, 0.29) is 22.9 Å². The molecule has 10 nitrogen and oxygen atoms in total. The number of aromatic hydroxyl groups is 2. The number of phenolic OH excluding ortho intramolecular Hbond substituents is 2. The minimum atomic E-state index is -0.554. The lowest BCUT2D eigenvalue weighted by Gasteiger charge is -1.98. The zero-order chi connectivity index (χ0) is 21.7. The molecule has 0 aliphatic carbocycles. The molecule has 6 N–H and O–H groups in total. The number of rotatable bonds is 2. The zero-order valence-electron chi connectivity index (χ0n) is 15.3. The summed E-state index contributed by atoms with van der Waals surface area (Å²) in [6.07, 6.45) is 2.82. The predicted octanol–water partition coefficient (Wildman–Crippen LogP) is 1.14. The molecule has 2 heterocycles. The van der Waals surface area contributed by atoms with E-state index in [1.54, 1.807) is 36.4 Å². The normalized spacial score (nSPS) is 17.7. The maximum Gasteiger partial charge on any atom is 0.326 e. The highest BCUT2D eigenvalue weighted by Crippen LogP contribution is 2.20. The summed E-state index contributed by atoms with van der Waals surface area (Å²) in [4.78, 5) is 43.9. The van der Waals surface area contributed by atoms with E-state index in [1.165, 1.54) is 24.3 Å². The fourth-order valence-electron chi connectivity index (χ4n) is 2.49. The maximum atomic E-state index is 11.2. The molecule has 0 bridgehead atoms. The number of urea groups is 2. The summed E-state index contributed by atoms with van der Waals surface area (Å²) >= 11 is 0. The van der Waals surface area contributed by atoms with Crippen molar-refractivity contribution in [3.63, 3.8) is 0 Å². The van der Waals surface area contributed by atoms with Crippen molar-refractivity contribution in [2.75, 3.05) is 0 Å². The van der Waals surface area contributed by atoms with Crippen LogP contribution in [0.3, 0.4) is 0 Å². The summed E-state index contributed by atoms with van der Waals surface area (Å²) in [6, 6.07) is 12.0. The molecule has 2 aliphatic heterocycles. The number of phenols is 2. The van der Waals surface area contributed by atoms with Crippen LogP contribution in [0.15, 0.2) is 59.9 Å². The summed E-state index contributed by atoms with van der Waals surface area (Å²) in [5, 5.41) is 27.7. The Bertz CT molecular complexity index is 1020. The summed E-state index contributed by atoms with van der Waals surface area (Å²) < 4.78 is 0. The molecule has 2 saturated heterocycles. The highest BCUT2D eigenvalue weighted by Gasteiger charge is 2.23. The van der Waals surface area contributed by atoms with Gasteiger partial charge >= 0.3 is 12.1 Å². The zero-order valence-corrected chi connectivity index (χ0v) is 15.3. The Balaban J connectivity index is 0.000000171. The van der Waals surface area contributed by atoms with E-state index in [4.69, 9.17) is 0 Å². The Morgan fingerprint density at radius 3 is 1.23 bits per heavy atom. The summed E-state index contributed by atoms with van der Waals surface area (Å²) in [6.45, 7) is 0. The number of para-hydroxylation sites is 2. The summed E-state index contributed by atoms with van der Waals surface area (Å²) in [7, 11) is 0. The Hall–Kier alpha value is -4.60. The van der Waals surface area contributed by atoms with E-state index in [9.17, 15) is 29.4 Å². The molecule has 6 amide bonds. The van der Waals surface area contributed by atoms with Crippen LogP contribution in [0.25, 0.3) is 12.2 Å². The van der Waals surface area contributed by atoms with E-state index >= 15 is 0 Å². The van der Waals surface area contributed by atoms with Gasteiger partial charge in [0.15, 0.2) is 0 Å². The summed E-state index contributed by atoms with van der Waals surface area (Å²) in [5.74, 6) is -0.885. The lowest BCUT2D eigenvalue weighted by atomic mass is 10.1. The van der Waals surface area contributed by atoms with Crippen LogP contribution in [-0.4, -0.2) is 34.1 Å². The molecule has 2 aromatic carbocycles. The second kappa shape index (κ2) is 8.61. The molecule has 0 radical (unpaired) electrons. The molecular weight excluding hydrogens is 392 g/mol. The molecular formula is C20H16N4O6. The van der Waals surface area contributed by atoms with Gasteiger partial charge in [-0.05, 0) is 24.3 Å². The first-order valence-electron chi connectivity index (χ1n) is 8.57. The number of carbonyl (C=O) groups excluding carboxylic acids is 4. The summed E-state index contributed by atoms with van der Waals surface area (Å²) in [5.41, 5.74) is 1.21. The van der Waals surface area contributed by atoms with Crippen LogP contribution in [0.4, 0.5) is 9.59 Å². The number of benzene rings is 2. The van der Waals surface area contributed by atoms with Gasteiger partial charge in [0.05, 0.1) is 0 Å². The predicted molar refractivity (Wildman–Crippen MR) is 106 cm³/mol. The van der Waals surface area contributed by atoms with Crippen LogP contribution >= 0.6 is 0 Å². The van der Waals surface area contributed by atoms with Gasteiger partial charge in [-0.15, -0.1) is 0 Å². The van der Waals surface area contributed by atoms with Crippen molar-refractivity contribution in [2.45, 2.75) is 0 Å². The maximum absolute atomic E-state index is 11.2. The largest absolute Gasteiger partial charge is 0.507 e. The first kappa shape index (κ1) is 20.1. The molecule has 2 aliphatic rings. The Morgan fingerprint density at radius 1 is 0.567 bits per heavy atom. The number of imide groups is 2.